The summed E-state index contributed by atoms with van der Waals surface area (Å²) in [4.78, 5) is 14.6. The molecule has 0 saturated carbocycles. The highest BCUT2D eigenvalue weighted by atomic mass is 35.5. The molecule has 1 aromatic rings. The van der Waals surface area contributed by atoms with Gasteiger partial charge in [-0.3, -0.25) is 4.90 Å². The SMILES string of the molecule is CCC(CC)[C@@H](CNC(=O)NCc1ccc(Cl)cc1)N1CCOCC1. The van der Waals surface area contributed by atoms with E-state index in [1.165, 1.54) is 0 Å². The van der Waals surface area contributed by atoms with E-state index in [0.29, 0.717) is 30.1 Å². The molecule has 1 saturated heterocycles. The van der Waals surface area contributed by atoms with Crippen LogP contribution in [0.3, 0.4) is 0 Å². The summed E-state index contributed by atoms with van der Waals surface area (Å²) in [6.45, 7) is 9.04. The van der Waals surface area contributed by atoms with Crippen molar-refractivity contribution in [2.75, 3.05) is 32.8 Å². The van der Waals surface area contributed by atoms with Crippen molar-refractivity contribution in [3.63, 3.8) is 0 Å². The third-order valence-corrected chi connectivity index (χ3v) is 5.20. The minimum Gasteiger partial charge on any atom is -0.379 e. The largest absolute Gasteiger partial charge is 0.379 e. The smallest absolute Gasteiger partial charge is 0.315 e. The van der Waals surface area contributed by atoms with Crippen LogP contribution in [0, 0.1) is 5.92 Å². The second-order valence-corrected chi connectivity index (χ2v) is 6.92. The topological polar surface area (TPSA) is 53.6 Å². The van der Waals surface area contributed by atoms with Crippen molar-refractivity contribution in [1.29, 1.82) is 0 Å². The van der Waals surface area contributed by atoms with Gasteiger partial charge >= 0.3 is 6.03 Å². The Hall–Kier alpha value is -1.30. The van der Waals surface area contributed by atoms with Gasteiger partial charge in [0.1, 0.15) is 0 Å². The van der Waals surface area contributed by atoms with Crippen molar-refractivity contribution < 1.29 is 9.53 Å². The molecule has 6 heteroatoms. The van der Waals surface area contributed by atoms with Gasteiger partial charge in [0.25, 0.3) is 0 Å². The van der Waals surface area contributed by atoms with Crippen LogP contribution < -0.4 is 10.6 Å². The van der Waals surface area contributed by atoms with Gasteiger partial charge < -0.3 is 15.4 Å². The van der Waals surface area contributed by atoms with E-state index in [0.717, 1.165) is 44.7 Å². The zero-order valence-electron chi connectivity index (χ0n) is 15.3. The molecule has 2 rings (SSSR count). The molecule has 2 amide bonds. The Morgan fingerprint density at radius 2 is 1.80 bits per heavy atom. The number of ether oxygens (including phenoxy) is 1. The summed E-state index contributed by atoms with van der Waals surface area (Å²) in [7, 11) is 0. The number of hydrogen-bond donors (Lipinski definition) is 2. The van der Waals surface area contributed by atoms with Crippen molar-refractivity contribution in [2.45, 2.75) is 39.3 Å². The van der Waals surface area contributed by atoms with Crippen LogP contribution in [0.4, 0.5) is 4.79 Å². The lowest BCUT2D eigenvalue weighted by Crippen LogP contribution is -2.53. The minimum atomic E-state index is -0.126. The quantitative estimate of drug-likeness (QED) is 0.741. The number of rotatable bonds is 8. The molecule has 0 unspecified atom stereocenters. The van der Waals surface area contributed by atoms with E-state index in [9.17, 15) is 4.79 Å². The summed E-state index contributed by atoms with van der Waals surface area (Å²) in [6, 6.07) is 7.74. The molecule has 2 N–H and O–H groups in total. The number of amides is 2. The first-order valence-electron chi connectivity index (χ1n) is 9.22. The van der Waals surface area contributed by atoms with Crippen LogP contribution in [0.5, 0.6) is 0 Å². The fourth-order valence-corrected chi connectivity index (χ4v) is 3.51. The monoisotopic (exact) mass is 367 g/mol. The third-order valence-electron chi connectivity index (χ3n) is 4.95. The number of benzene rings is 1. The van der Waals surface area contributed by atoms with Gasteiger partial charge in [0.15, 0.2) is 0 Å². The Bertz CT molecular complexity index is 514. The van der Waals surface area contributed by atoms with Crippen LogP contribution >= 0.6 is 11.6 Å². The normalized spacial score (nSPS) is 16.6. The molecule has 0 spiro atoms. The van der Waals surface area contributed by atoms with Gasteiger partial charge in [-0.05, 0) is 23.6 Å². The maximum atomic E-state index is 12.2. The fraction of sp³-hybridized carbons (Fsp3) is 0.632. The van der Waals surface area contributed by atoms with Crippen LogP contribution in [0.2, 0.25) is 5.02 Å². The van der Waals surface area contributed by atoms with E-state index in [1.54, 1.807) is 0 Å². The number of carbonyl (C=O) groups is 1. The molecule has 140 valence electrons. The standard InChI is InChI=1S/C19H30ClN3O2/c1-3-16(4-2)18(23-9-11-25-12-10-23)14-22-19(24)21-13-15-5-7-17(20)8-6-15/h5-8,16,18H,3-4,9-14H2,1-2H3,(H2,21,22,24)/t18-/m1/s1. The molecule has 1 fully saturated rings. The predicted molar refractivity (Wildman–Crippen MR) is 102 cm³/mol. The van der Waals surface area contributed by atoms with Gasteiger partial charge in [0, 0.05) is 37.2 Å². The van der Waals surface area contributed by atoms with Gasteiger partial charge in [0.05, 0.1) is 13.2 Å². The fourth-order valence-electron chi connectivity index (χ4n) is 3.38. The first-order chi connectivity index (χ1) is 12.1. The van der Waals surface area contributed by atoms with Crippen molar-refractivity contribution >= 4 is 17.6 Å². The summed E-state index contributed by atoms with van der Waals surface area (Å²) in [6.07, 6.45) is 2.24. The molecular formula is C19H30ClN3O2. The molecule has 0 bridgehead atoms. The van der Waals surface area contributed by atoms with Crippen LogP contribution in [0.1, 0.15) is 32.3 Å². The second kappa shape index (κ2) is 10.6. The van der Waals surface area contributed by atoms with Gasteiger partial charge in [-0.15, -0.1) is 0 Å². The summed E-state index contributed by atoms with van der Waals surface area (Å²) < 4.78 is 5.47. The molecule has 1 heterocycles. The number of urea groups is 1. The van der Waals surface area contributed by atoms with Crippen LogP contribution in [0.15, 0.2) is 24.3 Å². The molecule has 1 aromatic carbocycles. The molecule has 5 nitrogen and oxygen atoms in total. The van der Waals surface area contributed by atoms with E-state index in [2.05, 4.69) is 29.4 Å². The lowest BCUT2D eigenvalue weighted by molar-refractivity contribution is 0.00237. The molecule has 0 aromatic heterocycles. The van der Waals surface area contributed by atoms with Crippen molar-refractivity contribution in [3.8, 4) is 0 Å². The number of morpholine rings is 1. The summed E-state index contributed by atoms with van der Waals surface area (Å²) in [5.74, 6) is 0.578. The lowest BCUT2D eigenvalue weighted by atomic mass is 9.92. The average Bonchev–Trinajstić information content (AvgIpc) is 2.65. The maximum absolute atomic E-state index is 12.2. The number of nitrogens with one attached hydrogen (secondary N) is 2. The molecule has 1 aliphatic rings. The van der Waals surface area contributed by atoms with Crippen LogP contribution in [-0.2, 0) is 11.3 Å². The molecular weight excluding hydrogens is 338 g/mol. The van der Waals surface area contributed by atoms with Crippen molar-refractivity contribution in [3.05, 3.63) is 34.9 Å². The molecule has 0 aliphatic carbocycles. The number of carbonyl (C=O) groups excluding carboxylic acids is 1. The number of hydrogen-bond acceptors (Lipinski definition) is 3. The molecule has 1 aliphatic heterocycles. The van der Waals surface area contributed by atoms with E-state index in [-0.39, 0.29) is 6.03 Å². The minimum absolute atomic E-state index is 0.126. The second-order valence-electron chi connectivity index (χ2n) is 6.48. The number of halogens is 1. The molecule has 25 heavy (non-hydrogen) atoms. The summed E-state index contributed by atoms with van der Waals surface area (Å²) >= 11 is 5.88. The number of nitrogens with zero attached hydrogens (tertiary/aromatic N) is 1. The Balaban J connectivity index is 1.83. The first kappa shape index (κ1) is 20.0. The van der Waals surface area contributed by atoms with E-state index in [4.69, 9.17) is 16.3 Å². The average molecular weight is 368 g/mol. The lowest BCUT2D eigenvalue weighted by Gasteiger charge is -2.38. The Kier molecular flexibility index (Phi) is 8.52. The Labute approximate surface area is 156 Å². The van der Waals surface area contributed by atoms with E-state index in [1.807, 2.05) is 24.3 Å². The zero-order valence-corrected chi connectivity index (χ0v) is 16.0. The Morgan fingerprint density at radius 1 is 1.16 bits per heavy atom. The summed E-state index contributed by atoms with van der Waals surface area (Å²) in [5.41, 5.74) is 1.03. The van der Waals surface area contributed by atoms with E-state index >= 15 is 0 Å². The predicted octanol–water partition coefficient (Wildman–Crippen LogP) is 3.28. The highest BCUT2D eigenvalue weighted by Gasteiger charge is 2.27. The van der Waals surface area contributed by atoms with Crippen molar-refractivity contribution in [1.82, 2.24) is 15.5 Å². The first-order valence-corrected chi connectivity index (χ1v) is 9.59. The van der Waals surface area contributed by atoms with Crippen molar-refractivity contribution in [2.24, 2.45) is 5.92 Å². The highest BCUT2D eigenvalue weighted by Crippen LogP contribution is 2.19. The zero-order chi connectivity index (χ0) is 18.1. The third kappa shape index (κ3) is 6.49. The van der Waals surface area contributed by atoms with Gasteiger partial charge in [-0.25, -0.2) is 4.79 Å². The molecule has 0 radical (unpaired) electrons. The van der Waals surface area contributed by atoms with Crippen LogP contribution in [-0.4, -0.2) is 49.8 Å². The van der Waals surface area contributed by atoms with Gasteiger partial charge in [-0.2, -0.15) is 0 Å². The summed E-state index contributed by atoms with van der Waals surface area (Å²) in [5, 5.41) is 6.67. The highest BCUT2D eigenvalue weighted by molar-refractivity contribution is 6.30. The Morgan fingerprint density at radius 3 is 2.40 bits per heavy atom. The maximum Gasteiger partial charge on any atom is 0.315 e. The van der Waals surface area contributed by atoms with Gasteiger partial charge in [-0.1, -0.05) is 50.4 Å². The van der Waals surface area contributed by atoms with E-state index < -0.39 is 0 Å². The van der Waals surface area contributed by atoms with Gasteiger partial charge in [0.2, 0.25) is 0 Å². The van der Waals surface area contributed by atoms with Crippen LogP contribution in [0.25, 0.3) is 0 Å². The molecule has 1 atom stereocenters.